The Morgan fingerprint density at radius 3 is 2.67 bits per heavy atom. The fraction of sp³-hybridized carbons (Fsp3) is 0.350. The lowest BCUT2D eigenvalue weighted by Gasteiger charge is -2.24. The number of anilines is 1. The summed E-state index contributed by atoms with van der Waals surface area (Å²) in [6.45, 7) is 3.37. The average molecular weight is 325 g/mol. The third-order valence-electron chi connectivity index (χ3n) is 5.10. The summed E-state index contributed by atoms with van der Waals surface area (Å²) in [5.74, 6) is 0.886. The van der Waals surface area contributed by atoms with Gasteiger partial charge in [0.15, 0.2) is 6.54 Å². The summed E-state index contributed by atoms with van der Waals surface area (Å²) in [6.07, 6.45) is 3.15. The van der Waals surface area contributed by atoms with Gasteiger partial charge >= 0.3 is 0 Å². The van der Waals surface area contributed by atoms with Crippen molar-refractivity contribution in [3.63, 3.8) is 0 Å². The molecule has 2 aliphatic heterocycles. The number of halogens is 1. The smallest absolute Gasteiger partial charge is 0.271 e. The third-order valence-corrected chi connectivity index (χ3v) is 5.10. The molecule has 3 nitrogen and oxygen atoms in total. The molecule has 0 radical (unpaired) electrons. The van der Waals surface area contributed by atoms with E-state index in [1.807, 2.05) is 6.07 Å². The van der Waals surface area contributed by atoms with Crippen LogP contribution >= 0.6 is 0 Å². The van der Waals surface area contributed by atoms with E-state index in [4.69, 9.17) is 0 Å². The van der Waals surface area contributed by atoms with Gasteiger partial charge in [-0.3, -0.25) is 0 Å². The van der Waals surface area contributed by atoms with Crippen molar-refractivity contribution in [1.29, 1.82) is 0 Å². The standard InChI is InChI=1S/C20H22FN2O/c1-15-5-4-6-18(13-15)22-14-20(24,16-8-10-17(21)11-9-16)23-12-3-2-7-19(22)23/h4-6,8-11,13,24H,2-3,7,12,14H2,1H3/q+1. The number of benzene rings is 2. The van der Waals surface area contributed by atoms with Crippen LogP contribution in [0.5, 0.6) is 0 Å². The molecule has 0 spiro atoms. The Morgan fingerprint density at radius 1 is 1.12 bits per heavy atom. The molecule has 4 rings (SSSR count). The Morgan fingerprint density at radius 2 is 1.92 bits per heavy atom. The van der Waals surface area contributed by atoms with Crippen molar-refractivity contribution >= 4 is 11.5 Å². The molecule has 0 aliphatic carbocycles. The highest BCUT2D eigenvalue weighted by Crippen LogP contribution is 2.35. The van der Waals surface area contributed by atoms with Gasteiger partial charge in [0, 0.05) is 12.0 Å². The highest BCUT2D eigenvalue weighted by atomic mass is 19.1. The van der Waals surface area contributed by atoms with Crippen LogP contribution < -0.4 is 4.90 Å². The molecular weight excluding hydrogens is 303 g/mol. The van der Waals surface area contributed by atoms with Crippen LogP contribution in [0.3, 0.4) is 0 Å². The first-order valence-corrected chi connectivity index (χ1v) is 8.54. The van der Waals surface area contributed by atoms with Crippen molar-refractivity contribution in [2.45, 2.75) is 31.9 Å². The highest BCUT2D eigenvalue weighted by molar-refractivity contribution is 5.96. The molecule has 0 saturated heterocycles. The van der Waals surface area contributed by atoms with E-state index in [-0.39, 0.29) is 5.82 Å². The zero-order chi connectivity index (χ0) is 16.7. The Balaban J connectivity index is 1.80. The van der Waals surface area contributed by atoms with Crippen LogP contribution in [0.15, 0.2) is 48.5 Å². The lowest BCUT2D eigenvalue weighted by molar-refractivity contribution is -0.661. The molecule has 2 heterocycles. The number of aryl methyl sites for hydroxylation is 1. The van der Waals surface area contributed by atoms with Gasteiger partial charge in [-0.1, -0.05) is 12.1 Å². The van der Waals surface area contributed by atoms with Gasteiger partial charge in [-0.05, 0) is 61.7 Å². The normalized spacial score (nSPS) is 23.5. The van der Waals surface area contributed by atoms with Gasteiger partial charge in [-0.2, -0.15) is 0 Å². The fourth-order valence-corrected chi connectivity index (χ4v) is 3.89. The van der Waals surface area contributed by atoms with E-state index in [2.05, 4.69) is 34.6 Å². The summed E-state index contributed by atoms with van der Waals surface area (Å²) in [6, 6.07) is 14.6. The molecule has 0 amide bonds. The minimum absolute atomic E-state index is 0.279. The summed E-state index contributed by atoms with van der Waals surface area (Å²) in [5.41, 5.74) is 1.95. The minimum Gasteiger partial charge on any atom is -0.346 e. The van der Waals surface area contributed by atoms with Gasteiger partial charge in [0.2, 0.25) is 0 Å². The maximum atomic E-state index is 13.3. The first kappa shape index (κ1) is 15.3. The molecular formula is C20H22FN2O+. The van der Waals surface area contributed by atoms with Crippen LogP contribution in [0.2, 0.25) is 0 Å². The van der Waals surface area contributed by atoms with Crippen LogP contribution in [0.1, 0.15) is 30.4 Å². The number of nitrogens with zero attached hydrogens (tertiary/aromatic N) is 2. The second-order valence-corrected chi connectivity index (χ2v) is 6.77. The van der Waals surface area contributed by atoms with E-state index in [9.17, 15) is 9.50 Å². The molecule has 124 valence electrons. The van der Waals surface area contributed by atoms with Crippen molar-refractivity contribution < 1.29 is 14.1 Å². The summed E-state index contributed by atoms with van der Waals surface area (Å²) in [7, 11) is 0. The van der Waals surface area contributed by atoms with E-state index in [0.717, 1.165) is 37.1 Å². The predicted molar refractivity (Wildman–Crippen MR) is 92.8 cm³/mol. The minimum atomic E-state index is -1.10. The van der Waals surface area contributed by atoms with E-state index in [0.29, 0.717) is 6.54 Å². The van der Waals surface area contributed by atoms with Gasteiger partial charge in [0.05, 0.1) is 6.54 Å². The molecule has 1 N–H and O–H groups in total. The van der Waals surface area contributed by atoms with Crippen LogP contribution in [0, 0.1) is 12.7 Å². The highest BCUT2D eigenvalue weighted by Gasteiger charge is 2.52. The number of hydrogen-bond acceptors (Lipinski definition) is 2. The van der Waals surface area contributed by atoms with Gasteiger partial charge in [-0.25, -0.2) is 13.9 Å². The molecule has 2 aromatic rings. The Labute approximate surface area is 141 Å². The van der Waals surface area contributed by atoms with E-state index < -0.39 is 5.72 Å². The van der Waals surface area contributed by atoms with Crippen LogP contribution in [-0.4, -0.2) is 28.6 Å². The first-order valence-electron chi connectivity index (χ1n) is 8.54. The number of rotatable bonds is 2. The fourth-order valence-electron chi connectivity index (χ4n) is 3.89. The summed E-state index contributed by atoms with van der Waals surface area (Å²) < 4.78 is 15.4. The topological polar surface area (TPSA) is 26.5 Å². The van der Waals surface area contributed by atoms with E-state index in [1.165, 1.54) is 23.5 Å². The van der Waals surface area contributed by atoms with Crippen LogP contribution in [0.25, 0.3) is 0 Å². The van der Waals surface area contributed by atoms with Gasteiger partial charge < -0.3 is 5.11 Å². The Kier molecular flexibility index (Phi) is 3.65. The second kappa shape index (κ2) is 5.71. The maximum absolute atomic E-state index is 13.3. The quantitative estimate of drug-likeness (QED) is 0.857. The molecule has 0 aromatic heterocycles. The van der Waals surface area contributed by atoms with Gasteiger partial charge in [-0.15, -0.1) is 0 Å². The second-order valence-electron chi connectivity index (χ2n) is 6.77. The van der Waals surface area contributed by atoms with E-state index >= 15 is 0 Å². The van der Waals surface area contributed by atoms with Crippen LogP contribution in [-0.2, 0) is 5.72 Å². The zero-order valence-electron chi connectivity index (χ0n) is 13.9. The summed E-state index contributed by atoms with van der Waals surface area (Å²) >= 11 is 0. The Hall–Kier alpha value is -2.20. The number of amidine groups is 1. The molecule has 0 saturated carbocycles. The first-order chi connectivity index (χ1) is 11.6. The maximum Gasteiger partial charge on any atom is 0.271 e. The summed E-state index contributed by atoms with van der Waals surface area (Å²) in [5, 5.41) is 11.5. The molecule has 0 fully saturated rings. The Bertz CT molecular complexity index is 800. The lowest BCUT2D eigenvalue weighted by Crippen LogP contribution is -2.41. The molecule has 2 aromatic carbocycles. The molecule has 1 atom stereocenters. The number of aliphatic hydroxyl groups is 1. The van der Waals surface area contributed by atoms with Crippen molar-refractivity contribution in [3.05, 3.63) is 65.5 Å². The monoisotopic (exact) mass is 325 g/mol. The number of β-amino-alcohol motifs (C(OH)–C–C–N with tert-alkyl or cyclic N) is 1. The molecule has 4 heteroatoms. The molecule has 2 aliphatic rings. The van der Waals surface area contributed by atoms with Crippen LogP contribution in [0.4, 0.5) is 10.1 Å². The zero-order valence-corrected chi connectivity index (χ0v) is 13.9. The molecule has 0 bridgehead atoms. The van der Waals surface area contributed by atoms with Crippen molar-refractivity contribution in [2.24, 2.45) is 0 Å². The van der Waals surface area contributed by atoms with Gasteiger partial charge in [0.1, 0.15) is 11.5 Å². The SMILES string of the molecule is Cc1cccc(N2CC(O)(c3ccc(F)cc3)[N+]3=C2CCCC3)c1. The van der Waals surface area contributed by atoms with Crippen molar-refractivity contribution in [1.82, 2.24) is 0 Å². The van der Waals surface area contributed by atoms with Crippen molar-refractivity contribution in [3.8, 4) is 0 Å². The van der Waals surface area contributed by atoms with Gasteiger partial charge in [0.25, 0.3) is 11.6 Å². The third kappa shape index (κ3) is 2.42. The summed E-state index contributed by atoms with van der Waals surface area (Å²) in [4.78, 5) is 2.22. The molecule has 24 heavy (non-hydrogen) atoms. The number of hydrogen-bond donors (Lipinski definition) is 1. The van der Waals surface area contributed by atoms with E-state index in [1.54, 1.807) is 12.1 Å². The molecule has 1 unspecified atom stereocenters. The van der Waals surface area contributed by atoms with Crippen molar-refractivity contribution in [2.75, 3.05) is 18.0 Å². The lowest BCUT2D eigenvalue weighted by atomic mass is 10.0. The largest absolute Gasteiger partial charge is 0.346 e. The average Bonchev–Trinajstić information content (AvgIpc) is 2.90. The predicted octanol–water partition coefficient (Wildman–Crippen LogP) is 3.39.